The molecule has 0 aliphatic carbocycles. The molecule has 0 aliphatic rings. The molecule has 0 aliphatic heterocycles. The average Bonchev–Trinajstić information content (AvgIpc) is 2.47. The Hall–Kier alpha value is -1.91. The summed E-state index contributed by atoms with van der Waals surface area (Å²) in [6.07, 6.45) is 2.69. The van der Waals surface area contributed by atoms with Gasteiger partial charge in [-0.25, -0.2) is 14.6 Å². The lowest BCUT2D eigenvalue weighted by molar-refractivity contribution is 0.468. The van der Waals surface area contributed by atoms with E-state index >= 15 is 0 Å². The van der Waals surface area contributed by atoms with Crippen LogP contribution in [-0.4, -0.2) is 24.9 Å². The summed E-state index contributed by atoms with van der Waals surface area (Å²) in [4.78, 5) is 7.92. The van der Waals surface area contributed by atoms with Gasteiger partial charge in [0, 0.05) is 5.69 Å². The van der Waals surface area contributed by atoms with Gasteiger partial charge in [0.15, 0.2) is 5.75 Å². The van der Waals surface area contributed by atoms with Gasteiger partial charge >= 0.3 is 0 Å². The molecule has 0 bridgehead atoms. The van der Waals surface area contributed by atoms with Gasteiger partial charge < -0.3 is 5.11 Å². The zero-order chi connectivity index (χ0) is 10.1. The second kappa shape index (κ2) is 3.10. The van der Waals surface area contributed by atoms with Crippen LogP contribution in [0.15, 0.2) is 18.5 Å². The minimum Gasteiger partial charge on any atom is -0.505 e. The van der Waals surface area contributed by atoms with Crippen molar-refractivity contribution in [3.8, 4) is 11.7 Å². The molecule has 2 rings (SSSR count). The molecule has 0 radical (unpaired) electrons. The maximum Gasteiger partial charge on any atom is 0.250 e. The van der Waals surface area contributed by atoms with E-state index in [1.165, 1.54) is 12.4 Å². The molecule has 72 valence electrons. The van der Waals surface area contributed by atoms with Crippen LogP contribution in [0.3, 0.4) is 0 Å². The molecule has 1 N–H and O–H groups in total. The minimum atomic E-state index is 0.0512. The zero-order valence-electron chi connectivity index (χ0n) is 7.97. The maximum atomic E-state index is 9.02. The monoisotopic (exact) mass is 190 g/mol. The summed E-state index contributed by atoms with van der Waals surface area (Å²) in [6, 6.07) is 1.94. The SMILES string of the molecule is Cc1cc(C)n(-c2ncc(O)cn2)n1. The van der Waals surface area contributed by atoms with E-state index in [9.17, 15) is 0 Å². The Morgan fingerprint density at radius 3 is 2.36 bits per heavy atom. The number of aromatic hydroxyl groups is 1. The molecular weight excluding hydrogens is 180 g/mol. The van der Waals surface area contributed by atoms with Crippen LogP contribution in [-0.2, 0) is 0 Å². The smallest absolute Gasteiger partial charge is 0.250 e. The van der Waals surface area contributed by atoms with Crippen molar-refractivity contribution in [1.82, 2.24) is 19.7 Å². The third kappa shape index (κ3) is 1.44. The first-order valence-electron chi connectivity index (χ1n) is 4.21. The highest BCUT2D eigenvalue weighted by Gasteiger charge is 2.05. The summed E-state index contributed by atoms with van der Waals surface area (Å²) in [7, 11) is 0. The van der Waals surface area contributed by atoms with Crippen LogP contribution in [0.25, 0.3) is 5.95 Å². The van der Waals surface area contributed by atoms with Crippen LogP contribution >= 0.6 is 0 Å². The molecular formula is C9H10N4O. The minimum absolute atomic E-state index is 0.0512. The summed E-state index contributed by atoms with van der Waals surface area (Å²) < 4.78 is 1.63. The van der Waals surface area contributed by atoms with E-state index in [0.29, 0.717) is 5.95 Å². The molecule has 0 saturated heterocycles. The third-order valence-electron chi connectivity index (χ3n) is 1.82. The van der Waals surface area contributed by atoms with Gasteiger partial charge in [0.2, 0.25) is 0 Å². The fourth-order valence-corrected chi connectivity index (χ4v) is 1.26. The molecule has 2 heterocycles. The number of aryl methyl sites for hydroxylation is 2. The Morgan fingerprint density at radius 2 is 1.86 bits per heavy atom. The first-order chi connectivity index (χ1) is 6.66. The molecule has 5 heteroatoms. The standard InChI is InChI=1S/C9H10N4O/c1-6-3-7(2)13(12-6)9-10-4-8(14)5-11-9/h3-5,14H,1-2H3. The van der Waals surface area contributed by atoms with Crippen LogP contribution in [0.5, 0.6) is 5.75 Å². The normalized spacial score (nSPS) is 10.4. The van der Waals surface area contributed by atoms with Crippen LogP contribution in [0.4, 0.5) is 0 Å². The van der Waals surface area contributed by atoms with Crippen LogP contribution in [0.2, 0.25) is 0 Å². The van der Waals surface area contributed by atoms with Crippen molar-refractivity contribution in [2.24, 2.45) is 0 Å². The van der Waals surface area contributed by atoms with E-state index in [1.54, 1.807) is 4.68 Å². The number of hydrogen-bond acceptors (Lipinski definition) is 4. The van der Waals surface area contributed by atoms with Gasteiger partial charge in [-0.2, -0.15) is 5.10 Å². The highest BCUT2D eigenvalue weighted by Crippen LogP contribution is 2.09. The highest BCUT2D eigenvalue weighted by molar-refractivity contribution is 5.21. The van der Waals surface area contributed by atoms with Crippen LogP contribution in [0.1, 0.15) is 11.4 Å². The molecule has 2 aromatic rings. The molecule has 0 spiro atoms. The summed E-state index contributed by atoms with van der Waals surface area (Å²) in [5.41, 5.74) is 1.88. The fraction of sp³-hybridized carbons (Fsp3) is 0.222. The predicted molar refractivity (Wildman–Crippen MR) is 50.3 cm³/mol. The van der Waals surface area contributed by atoms with Gasteiger partial charge in [0.25, 0.3) is 5.95 Å². The largest absolute Gasteiger partial charge is 0.505 e. The Labute approximate surface area is 81.1 Å². The number of aromatic nitrogens is 4. The molecule has 0 fully saturated rings. The number of hydrogen-bond donors (Lipinski definition) is 1. The second-order valence-corrected chi connectivity index (χ2v) is 3.08. The Kier molecular flexibility index (Phi) is 1.92. The molecule has 5 nitrogen and oxygen atoms in total. The van der Waals surface area contributed by atoms with Crippen molar-refractivity contribution < 1.29 is 5.11 Å². The molecule has 2 aromatic heterocycles. The van der Waals surface area contributed by atoms with Crippen LogP contribution < -0.4 is 0 Å². The van der Waals surface area contributed by atoms with E-state index in [1.807, 2.05) is 19.9 Å². The lowest BCUT2D eigenvalue weighted by Crippen LogP contribution is -2.03. The van der Waals surface area contributed by atoms with Gasteiger partial charge in [-0.1, -0.05) is 0 Å². The topological polar surface area (TPSA) is 63.8 Å². The van der Waals surface area contributed by atoms with Crippen molar-refractivity contribution in [2.75, 3.05) is 0 Å². The van der Waals surface area contributed by atoms with Gasteiger partial charge in [0.05, 0.1) is 18.1 Å². The molecule has 0 aromatic carbocycles. The van der Waals surface area contributed by atoms with E-state index in [4.69, 9.17) is 5.11 Å². The Morgan fingerprint density at radius 1 is 1.21 bits per heavy atom. The number of rotatable bonds is 1. The predicted octanol–water partition coefficient (Wildman–Crippen LogP) is 0.985. The second-order valence-electron chi connectivity index (χ2n) is 3.08. The van der Waals surface area contributed by atoms with E-state index in [0.717, 1.165) is 11.4 Å². The molecule has 0 atom stereocenters. The van der Waals surface area contributed by atoms with Gasteiger partial charge in [-0.15, -0.1) is 0 Å². The van der Waals surface area contributed by atoms with E-state index < -0.39 is 0 Å². The highest BCUT2D eigenvalue weighted by atomic mass is 16.3. The first kappa shape index (κ1) is 8.68. The fourth-order valence-electron chi connectivity index (χ4n) is 1.26. The number of nitrogens with zero attached hydrogens (tertiary/aromatic N) is 4. The van der Waals surface area contributed by atoms with Crippen molar-refractivity contribution in [2.45, 2.75) is 13.8 Å². The summed E-state index contributed by atoms with van der Waals surface area (Å²) in [5, 5.41) is 13.2. The molecule has 0 unspecified atom stereocenters. The molecule has 14 heavy (non-hydrogen) atoms. The molecule has 0 amide bonds. The Bertz CT molecular complexity index is 446. The van der Waals surface area contributed by atoms with Crippen molar-refractivity contribution in [1.29, 1.82) is 0 Å². The summed E-state index contributed by atoms with van der Waals surface area (Å²) in [6.45, 7) is 3.83. The van der Waals surface area contributed by atoms with Gasteiger partial charge in [-0.05, 0) is 19.9 Å². The van der Waals surface area contributed by atoms with Gasteiger partial charge in [-0.3, -0.25) is 0 Å². The lowest BCUT2D eigenvalue weighted by Gasteiger charge is -2.00. The maximum absolute atomic E-state index is 9.02. The lowest BCUT2D eigenvalue weighted by atomic mass is 10.4. The quantitative estimate of drug-likeness (QED) is 0.728. The summed E-state index contributed by atoms with van der Waals surface area (Å²) in [5.74, 6) is 0.517. The summed E-state index contributed by atoms with van der Waals surface area (Å²) >= 11 is 0. The first-order valence-corrected chi connectivity index (χ1v) is 4.21. The van der Waals surface area contributed by atoms with Crippen molar-refractivity contribution in [3.63, 3.8) is 0 Å². The van der Waals surface area contributed by atoms with Crippen molar-refractivity contribution in [3.05, 3.63) is 29.8 Å². The Balaban J connectivity index is 2.49. The third-order valence-corrected chi connectivity index (χ3v) is 1.82. The zero-order valence-corrected chi connectivity index (χ0v) is 7.97. The van der Waals surface area contributed by atoms with Gasteiger partial charge in [0.1, 0.15) is 0 Å². The van der Waals surface area contributed by atoms with E-state index in [2.05, 4.69) is 15.1 Å². The van der Waals surface area contributed by atoms with Crippen molar-refractivity contribution >= 4 is 0 Å². The van der Waals surface area contributed by atoms with Crippen LogP contribution in [0, 0.1) is 13.8 Å². The average molecular weight is 190 g/mol. The molecule has 0 saturated carbocycles. The van der Waals surface area contributed by atoms with E-state index in [-0.39, 0.29) is 5.75 Å².